The van der Waals surface area contributed by atoms with Gasteiger partial charge in [-0.25, -0.2) is 0 Å². The molecule has 88 valence electrons. The van der Waals surface area contributed by atoms with E-state index in [2.05, 4.69) is 5.10 Å². The predicted octanol–water partition coefficient (Wildman–Crippen LogP) is 2.46. The average Bonchev–Trinajstić information content (AvgIpc) is 2.73. The van der Waals surface area contributed by atoms with Crippen LogP contribution >= 0.6 is 11.6 Å². The fourth-order valence-electron chi connectivity index (χ4n) is 1.46. The molecule has 0 radical (unpaired) electrons. The van der Waals surface area contributed by atoms with Gasteiger partial charge in [0.05, 0.1) is 16.3 Å². The maximum atomic E-state index is 10.8. The normalized spacial score (nSPS) is 10.2. The van der Waals surface area contributed by atoms with E-state index in [-0.39, 0.29) is 6.61 Å². The molecule has 0 spiro atoms. The van der Waals surface area contributed by atoms with Gasteiger partial charge in [-0.05, 0) is 18.2 Å². The Kier molecular flexibility index (Phi) is 3.44. The summed E-state index contributed by atoms with van der Waals surface area (Å²) in [5.41, 5.74) is 1.22. The van der Waals surface area contributed by atoms with E-state index >= 15 is 0 Å². The van der Waals surface area contributed by atoms with E-state index in [9.17, 15) is 4.79 Å². The second-order valence-electron chi connectivity index (χ2n) is 3.55. The minimum Gasteiger partial charge on any atom is -0.485 e. The lowest BCUT2D eigenvalue weighted by molar-refractivity contribution is 0.111. The van der Waals surface area contributed by atoms with Crippen molar-refractivity contribution in [1.82, 2.24) is 9.78 Å². The molecule has 0 aliphatic carbocycles. The third-order valence-corrected chi connectivity index (χ3v) is 2.56. The van der Waals surface area contributed by atoms with E-state index in [4.69, 9.17) is 16.3 Å². The topological polar surface area (TPSA) is 44.1 Å². The summed E-state index contributed by atoms with van der Waals surface area (Å²) >= 11 is 5.97. The molecule has 1 aromatic heterocycles. The summed E-state index contributed by atoms with van der Waals surface area (Å²) in [4.78, 5) is 10.8. The Hall–Kier alpha value is -1.81. The summed E-state index contributed by atoms with van der Waals surface area (Å²) in [6.45, 7) is 0.283. The van der Waals surface area contributed by atoms with Gasteiger partial charge in [0.25, 0.3) is 0 Å². The summed E-state index contributed by atoms with van der Waals surface area (Å²) in [6, 6.07) is 6.89. The highest BCUT2D eigenvalue weighted by Gasteiger charge is 2.08. The summed E-state index contributed by atoms with van der Waals surface area (Å²) in [6.07, 6.45) is 2.55. The standard InChI is InChI=1S/C12H11ClN2O2/c1-15-6-5-10(14-15)8-17-12-9(7-16)3-2-4-11(12)13/h2-7H,8H2,1H3. The molecule has 0 fully saturated rings. The predicted molar refractivity (Wildman–Crippen MR) is 64.4 cm³/mol. The number of aryl methyl sites for hydroxylation is 1. The van der Waals surface area contributed by atoms with Crippen molar-refractivity contribution >= 4 is 17.9 Å². The number of aromatic nitrogens is 2. The molecule has 4 nitrogen and oxygen atoms in total. The van der Waals surface area contributed by atoms with Crippen LogP contribution in [0, 0.1) is 0 Å². The van der Waals surface area contributed by atoms with E-state index in [1.54, 1.807) is 22.9 Å². The maximum Gasteiger partial charge on any atom is 0.153 e. The van der Waals surface area contributed by atoms with Gasteiger partial charge in [0.15, 0.2) is 6.29 Å². The van der Waals surface area contributed by atoms with Crippen molar-refractivity contribution < 1.29 is 9.53 Å². The number of nitrogens with zero attached hydrogens (tertiary/aromatic N) is 2. The third kappa shape index (κ3) is 2.65. The largest absolute Gasteiger partial charge is 0.485 e. The molecule has 0 aliphatic heterocycles. The SMILES string of the molecule is Cn1ccc(COc2c(Cl)cccc2C=O)n1. The minimum atomic E-state index is 0.283. The van der Waals surface area contributed by atoms with Crippen LogP contribution in [0.5, 0.6) is 5.75 Å². The van der Waals surface area contributed by atoms with Crippen LogP contribution in [-0.2, 0) is 13.7 Å². The first-order valence-electron chi connectivity index (χ1n) is 5.05. The Bertz CT molecular complexity index is 537. The van der Waals surface area contributed by atoms with Gasteiger partial charge in [0.2, 0.25) is 0 Å². The van der Waals surface area contributed by atoms with Gasteiger partial charge in [-0.15, -0.1) is 0 Å². The van der Waals surface area contributed by atoms with Crippen molar-refractivity contribution in [2.45, 2.75) is 6.61 Å². The number of carbonyl (C=O) groups excluding carboxylic acids is 1. The molecule has 0 saturated heterocycles. The van der Waals surface area contributed by atoms with E-state index in [0.717, 1.165) is 12.0 Å². The molecular weight excluding hydrogens is 240 g/mol. The number of hydrogen-bond acceptors (Lipinski definition) is 3. The number of benzene rings is 1. The van der Waals surface area contributed by atoms with E-state index < -0.39 is 0 Å². The van der Waals surface area contributed by atoms with Crippen molar-refractivity contribution in [3.8, 4) is 5.75 Å². The molecule has 0 aliphatic rings. The zero-order valence-corrected chi connectivity index (χ0v) is 10.0. The molecule has 2 rings (SSSR count). The molecule has 0 unspecified atom stereocenters. The molecule has 5 heteroatoms. The fraction of sp³-hybridized carbons (Fsp3) is 0.167. The molecule has 17 heavy (non-hydrogen) atoms. The fourth-order valence-corrected chi connectivity index (χ4v) is 1.69. The lowest BCUT2D eigenvalue weighted by Crippen LogP contribution is -2.00. The number of carbonyl (C=O) groups is 1. The number of rotatable bonds is 4. The lowest BCUT2D eigenvalue weighted by Gasteiger charge is -2.08. The molecule has 0 bridgehead atoms. The zero-order chi connectivity index (χ0) is 12.3. The maximum absolute atomic E-state index is 10.8. The Morgan fingerprint density at radius 1 is 1.47 bits per heavy atom. The van der Waals surface area contributed by atoms with Crippen LogP contribution in [0.15, 0.2) is 30.5 Å². The van der Waals surface area contributed by atoms with Crippen LogP contribution < -0.4 is 4.74 Å². The monoisotopic (exact) mass is 250 g/mol. The highest BCUT2D eigenvalue weighted by atomic mass is 35.5. The molecular formula is C12H11ClN2O2. The smallest absolute Gasteiger partial charge is 0.153 e. The molecule has 1 heterocycles. The number of ether oxygens (including phenoxy) is 1. The third-order valence-electron chi connectivity index (χ3n) is 2.26. The number of aldehydes is 1. The highest BCUT2D eigenvalue weighted by molar-refractivity contribution is 6.32. The van der Waals surface area contributed by atoms with Gasteiger partial charge in [0.1, 0.15) is 12.4 Å². The van der Waals surface area contributed by atoms with Crippen LogP contribution in [-0.4, -0.2) is 16.1 Å². The average molecular weight is 251 g/mol. The quantitative estimate of drug-likeness (QED) is 0.783. The first kappa shape index (κ1) is 11.7. The Balaban J connectivity index is 2.16. The van der Waals surface area contributed by atoms with Crippen LogP contribution in [0.1, 0.15) is 16.1 Å². The first-order chi connectivity index (χ1) is 8.20. The molecule has 2 aromatic rings. The van der Waals surface area contributed by atoms with Gasteiger partial charge in [-0.3, -0.25) is 9.48 Å². The summed E-state index contributed by atoms with van der Waals surface area (Å²) in [5, 5.41) is 4.59. The van der Waals surface area contributed by atoms with Crippen LogP contribution in [0.25, 0.3) is 0 Å². The summed E-state index contributed by atoms with van der Waals surface area (Å²) < 4.78 is 7.21. The first-order valence-corrected chi connectivity index (χ1v) is 5.43. The molecule has 0 N–H and O–H groups in total. The van der Waals surface area contributed by atoms with Gasteiger partial charge in [-0.1, -0.05) is 17.7 Å². The molecule has 1 aromatic carbocycles. The van der Waals surface area contributed by atoms with Crippen molar-refractivity contribution in [2.24, 2.45) is 7.05 Å². The van der Waals surface area contributed by atoms with Crippen molar-refractivity contribution in [2.75, 3.05) is 0 Å². The molecule has 0 amide bonds. The van der Waals surface area contributed by atoms with Crippen LogP contribution in [0.3, 0.4) is 0 Å². The number of para-hydroxylation sites is 1. The Morgan fingerprint density at radius 3 is 2.94 bits per heavy atom. The van der Waals surface area contributed by atoms with Gasteiger partial charge < -0.3 is 4.74 Å². The lowest BCUT2D eigenvalue weighted by atomic mass is 10.2. The zero-order valence-electron chi connectivity index (χ0n) is 9.26. The second kappa shape index (κ2) is 5.01. The van der Waals surface area contributed by atoms with E-state index in [0.29, 0.717) is 16.3 Å². The summed E-state index contributed by atoms with van der Waals surface area (Å²) in [5.74, 6) is 0.398. The van der Waals surface area contributed by atoms with Crippen molar-refractivity contribution in [1.29, 1.82) is 0 Å². The van der Waals surface area contributed by atoms with Gasteiger partial charge in [0, 0.05) is 13.2 Å². The number of halogens is 1. The van der Waals surface area contributed by atoms with Crippen molar-refractivity contribution in [3.63, 3.8) is 0 Å². The van der Waals surface area contributed by atoms with Gasteiger partial charge in [-0.2, -0.15) is 5.10 Å². The summed E-state index contributed by atoms with van der Waals surface area (Å²) in [7, 11) is 1.83. The number of hydrogen-bond donors (Lipinski definition) is 0. The minimum absolute atomic E-state index is 0.283. The highest BCUT2D eigenvalue weighted by Crippen LogP contribution is 2.28. The van der Waals surface area contributed by atoms with E-state index in [1.807, 2.05) is 19.3 Å². The Morgan fingerprint density at radius 2 is 2.29 bits per heavy atom. The van der Waals surface area contributed by atoms with E-state index in [1.165, 1.54) is 0 Å². The molecule has 0 saturated carbocycles. The molecule has 0 atom stereocenters. The van der Waals surface area contributed by atoms with Crippen LogP contribution in [0.2, 0.25) is 5.02 Å². The van der Waals surface area contributed by atoms with Gasteiger partial charge >= 0.3 is 0 Å². The second-order valence-corrected chi connectivity index (χ2v) is 3.95. The van der Waals surface area contributed by atoms with Crippen LogP contribution in [0.4, 0.5) is 0 Å². The Labute approximate surface area is 104 Å². The van der Waals surface area contributed by atoms with Crippen molar-refractivity contribution in [3.05, 3.63) is 46.7 Å².